The quantitative estimate of drug-likeness (QED) is 0.803. The molecular formula is C23H30N4O2. The van der Waals surface area contributed by atoms with Gasteiger partial charge in [-0.2, -0.15) is 5.10 Å². The Bertz CT molecular complexity index is 877. The lowest BCUT2D eigenvalue weighted by Gasteiger charge is -2.55. The Labute approximate surface area is 172 Å². The highest BCUT2D eigenvalue weighted by Crippen LogP contribution is 2.44. The second-order valence-electron chi connectivity index (χ2n) is 8.90. The molecule has 1 amide bonds. The van der Waals surface area contributed by atoms with Gasteiger partial charge in [0.1, 0.15) is 11.4 Å². The second kappa shape index (κ2) is 7.48. The molecule has 1 aromatic heterocycles. The minimum Gasteiger partial charge on any atom is -0.497 e. The summed E-state index contributed by atoms with van der Waals surface area (Å²) in [6, 6.07) is 11.5. The molecule has 4 atom stereocenters. The highest BCUT2D eigenvalue weighted by atomic mass is 16.5. The molecule has 6 heteroatoms. The summed E-state index contributed by atoms with van der Waals surface area (Å²) in [6.45, 7) is 2.82. The van der Waals surface area contributed by atoms with Crippen LogP contribution in [0, 0.1) is 11.8 Å². The van der Waals surface area contributed by atoms with Crippen LogP contribution in [0.2, 0.25) is 0 Å². The molecule has 0 spiro atoms. The molecule has 3 saturated heterocycles. The first-order valence-electron chi connectivity index (χ1n) is 10.8. The van der Waals surface area contributed by atoms with Gasteiger partial charge in [0.25, 0.3) is 5.91 Å². The summed E-state index contributed by atoms with van der Waals surface area (Å²) >= 11 is 0. The highest BCUT2D eigenvalue weighted by molar-refractivity contribution is 5.92. The van der Waals surface area contributed by atoms with Gasteiger partial charge < -0.3 is 9.64 Å². The highest BCUT2D eigenvalue weighted by Gasteiger charge is 2.45. The van der Waals surface area contributed by atoms with E-state index < -0.39 is 0 Å². The molecule has 0 saturated carbocycles. The zero-order valence-corrected chi connectivity index (χ0v) is 17.3. The number of nitrogens with zero attached hydrogens (tertiary/aromatic N) is 4. The molecule has 0 unspecified atom stereocenters. The van der Waals surface area contributed by atoms with Crippen LogP contribution in [0.5, 0.6) is 5.75 Å². The third-order valence-corrected chi connectivity index (χ3v) is 7.21. The molecule has 3 fully saturated rings. The van der Waals surface area contributed by atoms with Crippen LogP contribution in [0.15, 0.2) is 36.5 Å². The fourth-order valence-electron chi connectivity index (χ4n) is 5.90. The standard InChI is InChI=1S/C23H30N4O2/c1-25-22(10-11-24-25)23(28)26-13-16-12-18(15-26)21-5-3-4-20(27(21)14-16)17-6-8-19(29-2)9-7-17/h6-11,16,18,20-21H,3-5,12-15H2,1-2H3/t16-,18+,20+,21-/m0/s1. The average Bonchev–Trinajstić information content (AvgIpc) is 3.18. The summed E-state index contributed by atoms with van der Waals surface area (Å²) in [5, 5.41) is 4.18. The number of benzene rings is 1. The van der Waals surface area contributed by atoms with E-state index in [1.807, 2.05) is 13.1 Å². The lowest BCUT2D eigenvalue weighted by atomic mass is 9.74. The zero-order chi connectivity index (χ0) is 20.0. The van der Waals surface area contributed by atoms with E-state index in [9.17, 15) is 4.79 Å². The van der Waals surface area contributed by atoms with Gasteiger partial charge in [-0.15, -0.1) is 0 Å². The van der Waals surface area contributed by atoms with Crippen molar-refractivity contribution >= 4 is 5.91 Å². The minimum absolute atomic E-state index is 0.135. The van der Waals surface area contributed by atoms with Crippen LogP contribution in [0.25, 0.3) is 0 Å². The number of piperidine rings is 3. The Hall–Kier alpha value is -2.34. The van der Waals surface area contributed by atoms with Crippen molar-refractivity contribution in [1.29, 1.82) is 0 Å². The summed E-state index contributed by atoms with van der Waals surface area (Å²) in [5.41, 5.74) is 2.10. The molecule has 6 nitrogen and oxygen atoms in total. The first kappa shape index (κ1) is 18.7. The minimum atomic E-state index is 0.135. The number of amides is 1. The summed E-state index contributed by atoms with van der Waals surface area (Å²) in [5.74, 6) is 2.18. The van der Waals surface area contributed by atoms with Crippen molar-refractivity contribution in [1.82, 2.24) is 19.6 Å². The van der Waals surface area contributed by atoms with Gasteiger partial charge in [-0.1, -0.05) is 12.1 Å². The first-order chi connectivity index (χ1) is 14.1. The van der Waals surface area contributed by atoms with Crippen molar-refractivity contribution in [3.8, 4) is 5.75 Å². The number of rotatable bonds is 3. The predicted molar refractivity (Wildman–Crippen MR) is 111 cm³/mol. The van der Waals surface area contributed by atoms with E-state index in [0.29, 0.717) is 29.6 Å². The number of hydrogen-bond acceptors (Lipinski definition) is 4. The van der Waals surface area contributed by atoms with Crippen molar-refractivity contribution in [3.05, 3.63) is 47.8 Å². The average molecular weight is 395 g/mol. The molecule has 0 radical (unpaired) electrons. The maximum Gasteiger partial charge on any atom is 0.272 e. The second-order valence-corrected chi connectivity index (χ2v) is 8.90. The van der Waals surface area contributed by atoms with Gasteiger partial charge in [0.2, 0.25) is 0 Å². The fourth-order valence-corrected chi connectivity index (χ4v) is 5.90. The number of fused-ring (bicyclic) bond motifs is 4. The number of aryl methyl sites for hydroxylation is 1. The van der Waals surface area contributed by atoms with Crippen molar-refractivity contribution in [2.45, 2.75) is 37.8 Å². The van der Waals surface area contributed by atoms with Crippen molar-refractivity contribution in [3.63, 3.8) is 0 Å². The molecule has 3 aliphatic rings. The molecule has 3 aliphatic heterocycles. The van der Waals surface area contributed by atoms with Gasteiger partial charge in [0.05, 0.1) is 7.11 Å². The van der Waals surface area contributed by atoms with Crippen LogP contribution < -0.4 is 4.74 Å². The number of aromatic nitrogens is 2. The van der Waals surface area contributed by atoms with Gasteiger partial charge in [-0.3, -0.25) is 14.4 Å². The third-order valence-electron chi connectivity index (χ3n) is 7.21. The van der Waals surface area contributed by atoms with Crippen LogP contribution in [0.1, 0.15) is 47.8 Å². The first-order valence-corrected chi connectivity index (χ1v) is 10.8. The van der Waals surface area contributed by atoms with Crippen molar-refractivity contribution < 1.29 is 9.53 Å². The molecule has 1 aromatic carbocycles. The van der Waals surface area contributed by atoms with Crippen molar-refractivity contribution in [2.75, 3.05) is 26.7 Å². The summed E-state index contributed by atoms with van der Waals surface area (Å²) < 4.78 is 7.03. The molecule has 154 valence electrons. The van der Waals surface area contributed by atoms with Crippen LogP contribution in [-0.2, 0) is 7.05 Å². The monoisotopic (exact) mass is 394 g/mol. The fraction of sp³-hybridized carbons (Fsp3) is 0.565. The summed E-state index contributed by atoms with van der Waals surface area (Å²) in [7, 11) is 3.57. The Kier molecular flexibility index (Phi) is 4.82. The molecule has 2 bridgehead atoms. The molecule has 4 heterocycles. The lowest BCUT2D eigenvalue weighted by molar-refractivity contribution is -0.0513. The number of carbonyl (C=O) groups is 1. The SMILES string of the molecule is COc1ccc([C@H]2CCC[C@H]3[C@@H]4C[C@@H](CN(C(=O)c5ccnn5C)C4)CN23)cc1. The number of methoxy groups -OCH3 is 1. The predicted octanol–water partition coefficient (Wildman–Crippen LogP) is 3.12. The van der Waals surface area contributed by atoms with Crippen LogP contribution in [0.4, 0.5) is 0 Å². The smallest absolute Gasteiger partial charge is 0.272 e. The van der Waals surface area contributed by atoms with Crippen molar-refractivity contribution in [2.24, 2.45) is 18.9 Å². The Morgan fingerprint density at radius 2 is 1.93 bits per heavy atom. The van der Waals surface area contributed by atoms with E-state index in [-0.39, 0.29) is 5.91 Å². The topological polar surface area (TPSA) is 50.6 Å². The Morgan fingerprint density at radius 3 is 2.66 bits per heavy atom. The van der Waals surface area contributed by atoms with E-state index in [1.165, 1.54) is 31.2 Å². The van der Waals surface area contributed by atoms with E-state index in [2.05, 4.69) is 39.2 Å². The van der Waals surface area contributed by atoms with E-state index in [4.69, 9.17) is 4.74 Å². The Morgan fingerprint density at radius 1 is 1.10 bits per heavy atom. The third kappa shape index (κ3) is 3.33. The summed E-state index contributed by atoms with van der Waals surface area (Å²) in [6.07, 6.45) is 6.69. The Balaban J connectivity index is 1.35. The number of ether oxygens (including phenoxy) is 1. The molecule has 2 aromatic rings. The lowest BCUT2D eigenvalue weighted by Crippen LogP contribution is -2.60. The molecule has 0 aliphatic carbocycles. The largest absolute Gasteiger partial charge is 0.497 e. The zero-order valence-electron chi connectivity index (χ0n) is 17.3. The maximum atomic E-state index is 13.1. The molecular weight excluding hydrogens is 364 g/mol. The van der Waals surface area contributed by atoms with Gasteiger partial charge in [-0.25, -0.2) is 0 Å². The van der Waals surface area contributed by atoms with Gasteiger partial charge in [-0.05, 0) is 61.3 Å². The van der Waals surface area contributed by atoms with E-state index in [0.717, 1.165) is 25.4 Å². The number of hydrogen-bond donors (Lipinski definition) is 0. The maximum absolute atomic E-state index is 13.1. The van der Waals surface area contributed by atoms with Gasteiger partial charge in [0.15, 0.2) is 0 Å². The van der Waals surface area contributed by atoms with Crippen LogP contribution in [-0.4, -0.2) is 58.3 Å². The summed E-state index contributed by atoms with van der Waals surface area (Å²) in [4.78, 5) is 17.9. The molecule has 29 heavy (non-hydrogen) atoms. The normalized spacial score (nSPS) is 29.4. The van der Waals surface area contributed by atoms with E-state index in [1.54, 1.807) is 18.0 Å². The number of carbonyl (C=O) groups excluding carboxylic acids is 1. The van der Waals surface area contributed by atoms with Gasteiger partial charge >= 0.3 is 0 Å². The number of likely N-dealkylation sites (tertiary alicyclic amines) is 1. The van der Waals surface area contributed by atoms with Gasteiger partial charge in [0, 0.05) is 45.0 Å². The van der Waals surface area contributed by atoms with Crippen LogP contribution >= 0.6 is 0 Å². The van der Waals surface area contributed by atoms with Crippen LogP contribution in [0.3, 0.4) is 0 Å². The molecule has 5 rings (SSSR count). The molecule has 0 N–H and O–H groups in total. The van der Waals surface area contributed by atoms with E-state index >= 15 is 0 Å².